The van der Waals surface area contributed by atoms with Crippen LogP contribution in [0.2, 0.25) is 0 Å². The van der Waals surface area contributed by atoms with Crippen LogP contribution in [-0.2, 0) is 5.41 Å². The normalized spacial score (nSPS) is 11.7. The van der Waals surface area contributed by atoms with Crippen LogP contribution in [0.4, 0.5) is 0 Å². The predicted octanol–water partition coefficient (Wildman–Crippen LogP) is 13.9. The number of para-hydroxylation sites is 2. The molecule has 8 rings (SSSR count). The van der Waals surface area contributed by atoms with E-state index in [9.17, 15) is 0 Å². The topological polar surface area (TPSA) is 13.1 Å². The molecule has 0 fully saturated rings. The first-order valence-corrected chi connectivity index (χ1v) is 16.3. The van der Waals surface area contributed by atoms with Gasteiger partial charge in [-0.2, -0.15) is 0 Å². The smallest absolute Gasteiger partial charge is 0.143 e. The van der Waals surface area contributed by atoms with E-state index in [2.05, 4.69) is 130 Å². The Bertz CT molecular complexity index is 2320. The molecule has 1 heteroatoms. The Balaban J connectivity index is 0.000000488. The summed E-state index contributed by atoms with van der Waals surface area (Å²) in [5.41, 5.74) is 8.15. The molecule has 1 nitrogen and oxygen atoms in total. The molecule has 0 bridgehead atoms. The maximum Gasteiger partial charge on any atom is 0.143 e. The van der Waals surface area contributed by atoms with Crippen molar-refractivity contribution < 1.29 is 4.42 Å². The molecule has 0 N–H and O–H groups in total. The third kappa shape index (κ3) is 5.37. The van der Waals surface area contributed by atoms with Crippen molar-refractivity contribution in [1.29, 1.82) is 0 Å². The molecular weight excluding hydrogens is 556 g/mol. The first-order chi connectivity index (χ1) is 22.4. The van der Waals surface area contributed by atoms with Gasteiger partial charge in [-0.05, 0) is 73.0 Å². The van der Waals surface area contributed by atoms with Gasteiger partial charge in [0, 0.05) is 16.3 Å². The number of allylic oxidation sites excluding steroid dienone is 3. The fourth-order valence-electron chi connectivity index (χ4n) is 6.65. The Morgan fingerprint density at radius 2 is 1.15 bits per heavy atom. The standard InChI is InChI=1S/C38H28O.C5H8.C2H6/c1-38(2,3)33-22-18-26-16-20-30-27(19-15-25-17-21-32(33)36(26)35(25)30)23-11-13-24(14-12-23)28-8-6-9-31-29-7-4-5-10-34(29)39-37(28)31;1-3-5-4-2;1-2/h4-22H,1-3H3;3-5H,1H2,2H3;1-2H3/b;5-4-;. The molecule has 0 saturated carbocycles. The number of benzene rings is 7. The minimum atomic E-state index is 0.0870. The van der Waals surface area contributed by atoms with E-state index >= 15 is 0 Å². The predicted molar refractivity (Wildman–Crippen MR) is 203 cm³/mol. The summed E-state index contributed by atoms with van der Waals surface area (Å²) < 4.78 is 6.31. The second-order valence-electron chi connectivity index (χ2n) is 12.5. The van der Waals surface area contributed by atoms with Gasteiger partial charge >= 0.3 is 0 Å². The average Bonchev–Trinajstić information content (AvgIpc) is 3.47. The molecule has 1 aromatic heterocycles. The molecule has 1 heterocycles. The van der Waals surface area contributed by atoms with Crippen molar-refractivity contribution in [3.63, 3.8) is 0 Å². The Morgan fingerprint density at radius 1 is 0.565 bits per heavy atom. The molecule has 0 saturated heterocycles. The summed E-state index contributed by atoms with van der Waals surface area (Å²) in [6.07, 6.45) is 5.58. The molecule has 46 heavy (non-hydrogen) atoms. The molecule has 0 aliphatic carbocycles. The molecule has 0 unspecified atom stereocenters. The van der Waals surface area contributed by atoms with Gasteiger partial charge in [0.2, 0.25) is 0 Å². The summed E-state index contributed by atoms with van der Waals surface area (Å²) in [5.74, 6) is 0. The number of furan rings is 1. The summed E-state index contributed by atoms with van der Waals surface area (Å²) in [7, 11) is 0. The van der Waals surface area contributed by atoms with Crippen LogP contribution in [0, 0.1) is 0 Å². The molecule has 228 valence electrons. The van der Waals surface area contributed by atoms with Gasteiger partial charge in [0.05, 0.1) is 0 Å². The van der Waals surface area contributed by atoms with Gasteiger partial charge in [-0.15, -0.1) is 0 Å². The Labute approximate surface area is 272 Å². The molecule has 8 aromatic rings. The summed E-state index contributed by atoms with van der Waals surface area (Å²) in [6.45, 7) is 16.3. The molecule has 0 aliphatic heterocycles. The van der Waals surface area contributed by atoms with Gasteiger partial charge in [0.1, 0.15) is 11.2 Å². The summed E-state index contributed by atoms with van der Waals surface area (Å²) in [6, 6.07) is 42.0. The van der Waals surface area contributed by atoms with Gasteiger partial charge in [-0.3, -0.25) is 0 Å². The van der Waals surface area contributed by atoms with Crippen molar-refractivity contribution in [3.05, 3.63) is 146 Å². The molecule has 7 aromatic carbocycles. The van der Waals surface area contributed by atoms with E-state index in [1.165, 1.54) is 49.0 Å². The van der Waals surface area contributed by atoms with E-state index in [0.29, 0.717) is 0 Å². The van der Waals surface area contributed by atoms with E-state index in [4.69, 9.17) is 4.42 Å². The van der Waals surface area contributed by atoms with Crippen LogP contribution >= 0.6 is 0 Å². The van der Waals surface area contributed by atoms with Crippen molar-refractivity contribution >= 4 is 54.3 Å². The Kier molecular flexibility index (Phi) is 8.52. The highest BCUT2D eigenvalue weighted by Gasteiger charge is 2.20. The molecule has 0 spiro atoms. The maximum absolute atomic E-state index is 6.31. The van der Waals surface area contributed by atoms with E-state index < -0.39 is 0 Å². The lowest BCUT2D eigenvalue weighted by Gasteiger charge is -2.23. The van der Waals surface area contributed by atoms with Crippen LogP contribution in [-0.4, -0.2) is 0 Å². The second kappa shape index (κ2) is 12.7. The molecular formula is C45H42O. The molecule has 0 radical (unpaired) electrons. The van der Waals surface area contributed by atoms with Gasteiger partial charge < -0.3 is 4.42 Å². The van der Waals surface area contributed by atoms with E-state index in [0.717, 1.165) is 33.1 Å². The largest absolute Gasteiger partial charge is 0.455 e. The van der Waals surface area contributed by atoms with Crippen LogP contribution < -0.4 is 0 Å². The number of hydrogen-bond donors (Lipinski definition) is 0. The zero-order valence-electron chi connectivity index (χ0n) is 27.8. The Hall–Kier alpha value is -5.14. The quantitative estimate of drug-likeness (QED) is 0.146. The zero-order chi connectivity index (χ0) is 32.4. The minimum Gasteiger partial charge on any atom is -0.455 e. The lowest BCUT2D eigenvalue weighted by molar-refractivity contribution is 0.596. The fourth-order valence-corrected chi connectivity index (χ4v) is 6.65. The Morgan fingerprint density at radius 3 is 1.80 bits per heavy atom. The van der Waals surface area contributed by atoms with Crippen molar-refractivity contribution in [2.45, 2.75) is 47.0 Å². The van der Waals surface area contributed by atoms with Gasteiger partial charge in [-0.1, -0.05) is 169 Å². The number of fused-ring (bicyclic) bond motifs is 3. The molecule has 0 aliphatic rings. The minimum absolute atomic E-state index is 0.0870. The zero-order valence-corrected chi connectivity index (χ0v) is 27.8. The fraction of sp³-hybridized carbons (Fsp3) is 0.156. The van der Waals surface area contributed by atoms with Crippen LogP contribution in [0.3, 0.4) is 0 Å². The van der Waals surface area contributed by atoms with Gasteiger partial charge in [0.25, 0.3) is 0 Å². The van der Waals surface area contributed by atoms with Gasteiger partial charge in [0.15, 0.2) is 0 Å². The van der Waals surface area contributed by atoms with Crippen molar-refractivity contribution in [3.8, 4) is 22.3 Å². The van der Waals surface area contributed by atoms with Crippen LogP contribution in [0.1, 0.15) is 47.1 Å². The highest BCUT2D eigenvalue weighted by Crippen LogP contribution is 2.43. The van der Waals surface area contributed by atoms with E-state index in [1.807, 2.05) is 45.1 Å². The van der Waals surface area contributed by atoms with Crippen molar-refractivity contribution in [1.82, 2.24) is 0 Å². The van der Waals surface area contributed by atoms with Crippen LogP contribution in [0.15, 0.2) is 144 Å². The molecule has 0 amide bonds. The van der Waals surface area contributed by atoms with E-state index in [-0.39, 0.29) is 5.41 Å². The number of hydrogen-bond acceptors (Lipinski definition) is 1. The lowest BCUT2D eigenvalue weighted by atomic mass is 9.81. The highest BCUT2D eigenvalue weighted by atomic mass is 16.3. The average molecular weight is 599 g/mol. The lowest BCUT2D eigenvalue weighted by Crippen LogP contribution is -2.11. The van der Waals surface area contributed by atoms with Crippen molar-refractivity contribution in [2.75, 3.05) is 0 Å². The first kappa shape index (κ1) is 30.9. The summed E-state index contributed by atoms with van der Waals surface area (Å²) >= 11 is 0. The van der Waals surface area contributed by atoms with E-state index in [1.54, 1.807) is 6.08 Å². The third-order valence-corrected chi connectivity index (χ3v) is 8.71. The molecule has 0 atom stereocenters. The summed E-state index contributed by atoms with van der Waals surface area (Å²) in [4.78, 5) is 0. The second-order valence-corrected chi connectivity index (χ2v) is 12.5. The SMILES string of the molecule is C=C/C=C\C.CC.CC(C)(C)c1ccc2ccc3c(-c4ccc(-c5cccc6c5oc5ccccc56)cc4)ccc4ccc1c2c43. The first-order valence-electron chi connectivity index (χ1n) is 16.3. The highest BCUT2D eigenvalue weighted by molar-refractivity contribution is 6.26. The van der Waals surface area contributed by atoms with Crippen molar-refractivity contribution in [2.24, 2.45) is 0 Å². The maximum atomic E-state index is 6.31. The van der Waals surface area contributed by atoms with Crippen LogP contribution in [0.5, 0.6) is 0 Å². The van der Waals surface area contributed by atoms with Gasteiger partial charge in [-0.25, -0.2) is 0 Å². The summed E-state index contributed by atoms with van der Waals surface area (Å²) in [5, 5.41) is 10.3. The van der Waals surface area contributed by atoms with Crippen LogP contribution in [0.25, 0.3) is 76.5 Å². The third-order valence-electron chi connectivity index (χ3n) is 8.71. The monoisotopic (exact) mass is 598 g/mol. The number of rotatable bonds is 3.